The first-order chi connectivity index (χ1) is 7.22. The highest BCUT2D eigenvalue weighted by Crippen LogP contribution is 2.28. The van der Waals surface area contributed by atoms with Gasteiger partial charge in [-0.15, -0.1) is 0 Å². The standard InChI is InChI=1S/C11H14N2O2/c1-2-11-10-7-9(13(14)15)4-3-8(10)5-6-12-11/h3-4,7,11-12H,2,5-6H2,1H3. The largest absolute Gasteiger partial charge is 0.310 e. The van der Waals surface area contributed by atoms with E-state index in [-0.39, 0.29) is 16.7 Å². The van der Waals surface area contributed by atoms with Crippen LogP contribution in [0.5, 0.6) is 0 Å². The zero-order chi connectivity index (χ0) is 10.8. The maximum atomic E-state index is 10.7. The molecule has 4 nitrogen and oxygen atoms in total. The second-order valence-electron chi connectivity index (χ2n) is 3.81. The van der Waals surface area contributed by atoms with Crippen molar-refractivity contribution in [3.8, 4) is 0 Å². The third-order valence-corrected chi connectivity index (χ3v) is 2.91. The number of rotatable bonds is 2. The van der Waals surface area contributed by atoms with Gasteiger partial charge in [0.2, 0.25) is 0 Å². The number of non-ortho nitro benzene ring substituents is 1. The van der Waals surface area contributed by atoms with Crippen molar-refractivity contribution in [2.24, 2.45) is 0 Å². The highest BCUT2D eigenvalue weighted by atomic mass is 16.6. The summed E-state index contributed by atoms with van der Waals surface area (Å²) in [6, 6.07) is 5.46. The molecule has 0 fully saturated rings. The van der Waals surface area contributed by atoms with Gasteiger partial charge in [0.1, 0.15) is 0 Å². The Morgan fingerprint density at radius 1 is 1.60 bits per heavy atom. The second-order valence-corrected chi connectivity index (χ2v) is 3.81. The van der Waals surface area contributed by atoms with Crippen molar-refractivity contribution in [3.05, 3.63) is 39.4 Å². The molecular weight excluding hydrogens is 192 g/mol. The fraction of sp³-hybridized carbons (Fsp3) is 0.455. The van der Waals surface area contributed by atoms with Gasteiger partial charge in [-0.1, -0.05) is 13.0 Å². The molecule has 15 heavy (non-hydrogen) atoms. The van der Waals surface area contributed by atoms with Crippen LogP contribution in [0.25, 0.3) is 0 Å². The van der Waals surface area contributed by atoms with Crippen LogP contribution in [0.3, 0.4) is 0 Å². The molecule has 4 heteroatoms. The second kappa shape index (κ2) is 3.98. The molecule has 1 aromatic rings. The molecule has 0 aromatic heterocycles. The maximum Gasteiger partial charge on any atom is 0.269 e. The summed E-state index contributed by atoms with van der Waals surface area (Å²) in [7, 11) is 0. The van der Waals surface area contributed by atoms with Crippen molar-refractivity contribution in [1.82, 2.24) is 5.32 Å². The van der Waals surface area contributed by atoms with E-state index in [1.54, 1.807) is 12.1 Å². The van der Waals surface area contributed by atoms with Gasteiger partial charge in [-0.05, 0) is 30.5 Å². The lowest BCUT2D eigenvalue weighted by Gasteiger charge is -2.25. The quantitative estimate of drug-likeness (QED) is 0.596. The Hall–Kier alpha value is -1.42. The minimum absolute atomic E-state index is 0.191. The van der Waals surface area contributed by atoms with Crippen molar-refractivity contribution >= 4 is 5.69 Å². The molecule has 2 rings (SSSR count). The highest BCUT2D eigenvalue weighted by Gasteiger charge is 2.20. The Balaban J connectivity index is 2.43. The first-order valence-corrected chi connectivity index (χ1v) is 5.23. The molecule has 0 amide bonds. The average Bonchev–Trinajstić information content (AvgIpc) is 2.27. The maximum absolute atomic E-state index is 10.7. The van der Waals surface area contributed by atoms with Gasteiger partial charge < -0.3 is 5.32 Å². The van der Waals surface area contributed by atoms with Crippen LogP contribution in [0.2, 0.25) is 0 Å². The summed E-state index contributed by atoms with van der Waals surface area (Å²) in [6.45, 7) is 3.05. The zero-order valence-corrected chi connectivity index (χ0v) is 8.69. The number of nitro benzene ring substituents is 1. The first-order valence-electron chi connectivity index (χ1n) is 5.23. The van der Waals surface area contributed by atoms with Crippen LogP contribution in [-0.4, -0.2) is 11.5 Å². The Labute approximate surface area is 88.5 Å². The Morgan fingerprint density at radius 2 is 2.40 bits per heavy atom. The molecule has 0 spiro atoms. The molecule has 1 aliphatic rings. The lowest BCUT2D eigenvalue weighted by Crippen LogP contribution is -2.29. The molecule has 0 radical (unpaired) electrons. The van der Waals surface area contributed by atoms with Gasteiger partial charge in [0, 0.05) is 18.2 Å². The van der Waals surface area contributed by atoms with E-state index >= 15 is 0 Å². The van der Waals surface area contributed by atoms with E-state index in [1.807, 2.05) is 6.07 Å². The van der Waals surface area contributed by atoms with Crippen molar-refractivity contribution in [3.63, 3.8) is 0 Å². The van der Waals surface area contributed by atoms with E-state index < -0.39 is 0 Å². The molecular formula is C11H14N2O2. The molecule has 1 heterocycles. The summed E-state index contributed by atoms with van der Waals surface area (Å²) in [6.07, 6.45) is 1.93. The average molecular weight is 206 g/mol. The third-order valence-electron chi connectivity index (χ3n) is 2.91. The summed E-state index contributed by atoms with van der Waals surface area (Å²) in [5, 5.41) is 14.0. The van der Waals surface area contributed by atoms with Gasteiger partial charge in [0.25, 0.3) is 5.69 Å². The molecule has 0 saturated carbocycles. The summed E-state index contributed by atoms with van der Waals surface area (Å²) in [5.41, 5.74) is 2.53. The van der Waals surface area contributed by atoms with E-state index in [0.717, 1.165) is 24.9 Å². The molecule has 1 N–H and O–H groups in total. The predicted octanol–water partition coefficient (Wildman–Crippen LogP) is 2.19. The summed E-state index contributed by atoms with van der Waals surface area (Å²) < 4.78 is 0. The monoisotopic (exact) mass is 206 g/mol. The van der Waals surface area contributed by atoms with Gasteiger partial charge in [0.15, 0.2) is 0 Å². The van der Waals surface area contributed by atoms with Crippen molar-refractivity contribution in [2.45, 2.75) is 25.8 Å². The Morgan fingerprint density at radius 3 is 3.07 bits per heavy atom. The topological polar surface area (TPSA) is 55.2 Å². The first kappa shape index (κ1) is 10.1. The van der Waals surface area contributed by atoms with Crippen LogP contribution in [0.4, 0.5) is 5.69 Å². The number of nitrogens with one attached hydrogen (secondary N) is 1. The highest BCUT2D eigenvalue weighted by molar-refractivity contribution is 5.42. The molecule has 1 atom stereocenters. The van der Waals surface area contributed by atoms with Crippen LogP contribution in [-0.2, 0) is 6.42 Å². The number of hydrogen-bond donors (Lipinski definition) is 1. The zero-order valence-electron chi connectivity index (χ0n) is 8.69. The van der Waals surface area contributed by atoms with Crippen LogP contribution in [0, 0.1) is 10.1 Å². The molecule has 1 unspecified atom stereocenters. The van der Waals surface area contributed by atoms with E-state index in [1.165, 1.54) is 5.56 Å². The summed E-state index contributed by atoms with van der Waals surface area (Å²) in [5.74, 6) is 0. The lowest BCUT2D eigenvalue weighted by molar-refractivity contribution is -0.385. The number of fused-ring (bicyclic) bond motifs is 1. The molecule has 0 bridgehead atoms. The Bertz CT molecular complexity index is 390. The number of nitrogens with zero attached hydrogens (tertiary/aromatic N) is 1. The van der Waals surface area contributed by atoms with E-state index in [4.69, 9.17) is 0 Å². The predicted molar refractivity (Wildman–Crippen MR) is 57.8 cm³/mol. The van der Waals surface area contributed by atoms with Gasteiger partial charge in [-0.3, -0.25) is 10.1 Å². The molecule has 1 aromatic carbocycles. The number of benzene rings is 1. The summed E-state index contributed by atoms with van der Waals surface area (Å²) in [4.78, 5) is 10.3. The van der Waals surface area contributed by atoms with E-state index in [9.17, 15) is 10.1 Å². The Kier molecular flexibility index (Phi) is 2.68. The SMILES string of the molecule is CCC1NCCc2ccc([N+](=O)[O-])cc21. The van der Waals surface area contributed by atoms with Crippen LogP contribution < -0.4 is 5.32 Å². The van der Waals surface area contributed by atoms with Crippen molar-refractivity contribution < 1.29 is 4.92 Å². The van der Waals surface area contributed by atoms with Crippen LogP contribution >= 0.6 is 0 Å². The van der Waals surface area contributed by atoms with Gasteiger partial charge in [0.05, 0.1) is 4.92 Å². The summed E-state index contributed by atoms with van der Waals surface area (Å²) >= 11 is 0. The number of nitro groups is 1. The third kappa shape index (κ3) is 1.85. The van der Waals surface area contributed by atoms with Crippen molar-refractivity contribution in [2.75, 3.05) is 6.54 Å². The molecule has 80 valence electrons. The normalized spacial score (nSPS) is 19.7. The van der Waals surface area contributed by atoms with E-state index in [2.05, 4.69) is 12.2 Å². The molecule has 0 saturated heterocycles. The smallest absolute Gasteiger partial charge is 0.269 e. The molecule has 1 aliphatic heterocycles. The molecule has 0 aliphatic carbocycles. The van der Waals surface area contributed by atoms with Crippen LogP contribution in [0.1, 0.15) is 30.5 Å². The van der Waals surface area contributed by atoms with Gasteiger partial charge in [-0.2, -0.15) is 0 Å². The minimum Gasteiger partial charge on any atom is -0.310 e. The lowest BCUT2D eigenvalue weighted by atomic mass is 9.92. The fourth-order valence-electron chi connectivity index (χ4n) is 2.10. The minimum atomic E-state index is -0.332. The van der Waals surface area contributed by atoms with Crippen molar-refractivity contribution in [1.29, 1.82) is 0 Å². The van der Waals surface area contributed by atoms with E-state index in [0.29, 0.717) is 0 Å². The fourth-order valence-corrected chi connectivity index (χ4v) is 2.10. The van der Waals surface area contributed by atoms with Gasteiger partial charge >= 0.3 is 0 Å². The number of hydrogen-bond acceptors (Lipinski definition) is 3. The van der Waals surface area contributed by atoms with Crippen LogP contribution in [0.15, 0.2) is 18.2 Å². The van der Waals surface area contributed by atoms with Gasteiger partial charge in [-0.25, -0.2) is 0 Å².